The number of benzene rings is 1. The fraction of sp³-hybridized carbons (Fsp3) is 0.462. The Bertz CT molecular complexity index is 332. The summed E-state index contributed by atoms with van der Waals surface area (Å²) >= 11 is 4.88. The number of anilines is 1. The highest BCUT2D eigenvalue weighted by molar-refractivity contribution is 7.80. The van der Waals surface area contributed by atoms with Crippen molar-refractivity contribution in [3.8, 4) is 0 Å². The minimum absolute atomic E-state index is 0.611. The van der Waals surface area contributed by atoms with Crippen LogP contribution >= 0.6 is 12.2 Å². The topological polar surface area (TPSA) is 29.3 Å². The Morgan fingerprint density at radius 2 is 1.94 bits per heavy atom. The first-order valence-electron chi connectivity index (χ1n) is 5.73. The Kier molecular flexibility index (Phi) is 5.26. The lowest BCUT2D eigenvalue weighted by Crippen LogP contribution is -2.24. The van der Waals surface area contributed by atoms with Gasteiger partial charge in [-0.25, -0.2) is 0 Å². The number of hydrogen-bond donors (Lipinski definition) is 1. The Morgan fingerprint density at radius 1 is 1.31 bits per heavy atom. The molecule has 88 valence electrons. The van der Waals surface area contributed by atoms with Gasteiger partial charge in [-0.3, -0.25) is 0 Å². The third kappa shape index (κ3) is 4.19. The van der Waals surface area contributed by atoms with Crippen LogP contribution in [0, 0.1) is 6.92 Å². The normalized spacial score (nSPS) is 10.1. The SMILES string of the molecule is CCN(CCCC(N)=S)c1ccc(C)cc1. The van der Waals surface area contributed by atoms with Gasteiger partial charge in [-0.15, -0.1) is 0 Å². The lowest BCUT2D eigenvalue weighted by molar-refractivity contribution is 0.769. The molecule has 0 spiro atoms. The van der Waals surface area contributed by atoms with E-state index in [1.807, 2.05) is 0 Å². The van der Waals surface area contributed by atoms with E-state index in [4.69, 9.17) is 18.0 Å². The molecule has 0 saturated heterocycles. The number of hydrogen-bond acceptors (Lipinski definition) is 2. The van der Waals surface area contributed by atoms with Gasteiger partial charge in [0.15, 0.2) is 0 Å². The van der Waals surface area contributed by atoms with Crippen LogP contribution < -0.4 is 10.6 Å². The number of nitrogens with zero attached hydrogens (tertiary/aromatic N) is 1. The van der Waals surface area contributed by atoms with Crippen molar-refractivity contribution in [1.29, 1.82) is 0 Å². The van der Waals surface area contributed by atoms with Crippen LogP contribution in [-0.4, -0.2) is 18.1 Å². The van der Waals surface area contributed by atoms with Gasteiger partial charge >= 0.3 is 0 Å². The molecule has 2 nitrogen and oxygen atoms in total. The predicted octanol–water partition coefficient (Wildman–Crippen LogP) is 2.89. The van der Waals surface area contributed by atoms with Crippen molar-refractivity contribution >= 4 is 22.9 Å². The van der Waals surface area contributed by atoms with Crippen LogP contribution in [0.4, 0.5) is 5.69 Å². The van der Waals surface area contributed by atoms with Crippen molar-refractivity contribution in [2.45, 2.75) is 26.7 Å². The molecule has 0 fully saturated rings. The molecule has 3 heteroatoms. The molecule has 0 saturated carbocycles. The minimum atomic E-state index is 0.611. The van der Waals surface area contributed by atoms with Gasteiger partial charge in [0, 0.05) is 18.8 Å². The van der Waals surface area contributed by atoms with E-state index in [2.05, 4.69) is 43.0 Å². The maximum absolute atomic E-state index is 5.49. The summed E-state index contributed by atoms with van der Waals surface area (Å²) in [4.78, 5) is 2.96. The molecular formula is C13H20N2S. The summed E-state index contributed by atoms with van der Waals surface area (Å²) in [6.07, 6.45) is 1.86. The molecule has 1 aromatic rings. The van der Waals surface area contributed by atoms with E-state index in [0.717, 1.165) is 25.9 Å². The molecule has 0 unspecified atom stereocenters. The highest BCUT2D eigenvalue weighted by Crippen LogP contribution is 2.15. The summed E-state index contributed by atoms with van der Waals surface area (Å²) in [5, 5.41) is 0. The van der Waals surface area contributed by atoms with Crippen molar-refractivity contribution in [1.82, 2.24) is 0 Å². The van der Waals surface area contributed by atoms with E-state index in [-0.39, 0.29) is 0 Å². The van der Waals surface area contributed by atoms with E-state index in [1.165, 1.54) is 11.3 Å². The molecule has 0 amide bonds. The van der Waals surface area contributed by atoms with Crippen molar-refractivity contribution < 1.29 is 0 Å². The van der Waals surface area contributed by atoms with Gasteiger partial charge in [-0.1, -0.05) is 29.9 Å². The zero-order chi connectivity index (χ0) is 12.0. The van der Waals surface area contributed by atoms with E-state index >= 15 is 0 Å². The summed E-state index contributed by atoms with van der Waals surface area (Å²) in [5.74, 6) is 0. The van der Waals surface area contributed by atoms with Crippen LogP contribution in [0.3, 0.4) is 0 Å². The average molecular weight is 236 g/mol. The molecule has 0 aliphatic heterocycles. The van der Waals surface area contributed by atoms with E-state index in [9.17, 15) is 0 Å². The second-order valence-electron chi connectivity index (χ2n) is 3.99. The van der Waals surface area contributed by atoms with Crippen LogP contribution in [0.25, 0.3) is 0 Å². The van der Waals surface area contributed by atoms with Gasteiger partial charge in [0.1, 0.15) is 0 Å². The van der Waals surface area contributed by atoms with Gasteiger partial charge in [0.05, 0.1) is 4.99 Å². The minimum Gasteiger partial charge on any atom is -0.393 e. The maximum atomic E-state index is 5.49. The van der Waals surface area contributed by atoms with Gasteiger partial charge in [0.25, 0.3) is 0 Å². The zero-order valence-electron chi connectivity index (χ0n) is 10.1. The van der Waals surface area contributed by atoms with Crippen molar-refractivity contribution in [2.75, 3.05) is 18.0 Å². The van der Waals surface area contributed by atoms with Crippen molar-refractivity contribution in [3.05, 3.63) is 29.8 Å². The Morgan fingerprint density at radius 3 is 2.44 bits per heavy atom. The third-order valence-electron chi connectivity index (χ3n) is 2.63. The van der Waals surface area contributed by atoms with E-state index in [0.29, 0.717) is 4.99 Å². The molecular weight excluding hydrogens is 216 g/mol. The lowest BCUT2D eigenvalue weighted by atomic mass is 10.2. The fourth-order valence-corrected chi connectivity index (χ4v) is 1.81. The van der Waals surface area contributed by atoms with Crippen LogP contribution in [0.5, 0.6) is 0 Å². The predicted molar refractivity (Wildman–Crippen MR) is 75.1 cm³/mol. The number of nitrogens with two attached hydrogens (primary N) is 1. The van der Waals surface area contributed by atoms with E-state index in [1.54, 1.807) is 0 Å². The zero-order valence-corrected chi connectivity index (χ0v) is 10.9. The summed E-state index contributed by atoms with van der Waals surface area (Å²) in [7, 11) is 0. The lowest BCUT2D eigenvalue weighted by Gasteiger charge is -2.23. The third-order valence-corrected chi connectivity index (χ3v) is 2.84. The quantitative estimate of drug-likeness (QED) is 0.770. The number of rotatable bonds is 6. The molecule has 0 bridgehead atoms. The molecule has 0 aliphatic rings. The monoisotopic (exact) mass is 236 g/mol. The highest BCUT2D eigenvalue weighted by Gasteiger charge is 2.03. The van der Waals surface area contributed by atoms with Gasteiger partial charge in [-0.2, -0.15) is 0 Å². The summed E-state index contributed by atoms with van der Waals surface area (Å²) < 4.78 is 0. The first-order chi connectivity index (χ1) is 7.63. The molecule has 0 radical (unpaired) electrons. The second kappa shape index (κ2) is 6.48. The van der Waals surface area contributed by atoms with Crippen LogP contribution in [0.2, 0.25) is 0 Å². The van der Waals surface area contributed by atoms with Crippen LogP contribution in [-0.2, 0) is 0 Å². The molecule has 1 rings (SSSR count). The molecule has 0 aliphatic carbocycles. The Balaban J connectivity index is 2.53. The van der Waals surface area contributed by atoms with Crippen LogP contribution in [0.15, 0.2) is 24.3 Å². The van der Waals surface area contributed by atoms with Gasteiger partial charge < -0.3 is 10.6 Å². The average Bonchev–Trinajstić information content (AvgIpc) is 2.26. The molecule has 16 heavy (non-hydrogen) atoms. The molecule has 1 aromatic carbocycles. The molecule has 0 aromatic heterocycles. The summed E-state index contributed by atoms with van der Waals surface area (Å²) in [6, 6.07) is 8.62. The molecule has 0 atom stereocenters. The first-order valence-corrected chi connectivity index (χ1v) is 6.14. The van der Waals surface area contributed by atoms with Gasteiger partial charge in [0.2, 0.25) is 0 Å². The number of aryl methyl sites for hydroxylation is 1. The summed E-state index contributed by atoms with van der Waals surface area (Å²) in [6.45, 7) is 6.30. The van der Waals surface area contributed by atoms with Crippen LogP contribution in [0.1, 0.15) is 25.3 Å². The molecule has 2 N–H and O–H groups in total. The fourth-order valence-electron chi connectivity index (χ4n) is 1.67. The first kappa shape index (κ1) is 13.0. The smallest absolute Gasteiger partial charge is 0.0728 e. The maximum Gasteiger partial charge on any atom is 0.0728 e. The largest absolute Gasteiger partial charge is 0.393 e. The highest BCUT2D eigenvalue weighted by atomic mass is 32.1. The second-order valence-corrected chi connectivity index (χ2v) is 4.51. The van der Waals surface area contributed by atoms with Gasteiger partial charge in [-0.05, 0) is 38.8 Å². The standard InChI is InChI=1S/C13H20N2S/c1-3-15(10-4-5-13(14)16)12-8-6-11(2)7-9-12/h6-9H,3-5,10H2,1-2H3,(H2,14,16). The summed E-state index contributed by atoms with van der Waals surface area (Å²) in [5.41, 5.74) is 8.06. The Hall–Kier alpha value is -1.09. The number of thiocarbonyl (C=S) groups is 1. The van der Waals surface area contributed by atoms with E-state index < -0.39 is 0 Å². The van der Waals surface area contributed by atoms with Crippen molar-refractivity contribution in [2.24, 2.45) is 5.73 Å². The molecule has 0 heterocycles. The van der Waals surface area contributed by atoms with Crippen molar-refractivity contribution in [3.63, 3.8) is 0 Å². The Labute approximate surface area is 103 Å².